The molecule has 2 rings (SSSR count). The van der Waals surface area contributed by atoms with E-state index in [0.717, 1.165) is 12.8 Å². The van der Waals surface area contributed by atoms with Gasteiger partial charge in [-0.15, -0.1) is 0 Å². The zero-order valence-electron chi connectivity index (χ0n) is 11.2. The molecule has 0 aromatic heterocycles. The van der Waals surface area contributed by atoms with Crippen LogP contribution in [0.2, 0.25) is 5.02 Å². The molecule has 1 fully saturated rings. The SMILES string of the molecule is O=C(O)CCN(C(=O)COc1ccc(Cl)cc1Br)C1CC1. The van der Waals surface area contributed by atoms with Crippen molar-refractivity contribution in [2.75, 3.05) is 13.2 Å². The van der Waals surface area contributed by atoms with Gasteiger partial charge in [-0.2, -0.15) is 0 Å². The molecule has 0 heterocycles. The topological polar surface area (TPSA) is 66.8 Å². The third-order valence-electron chi connectivity index (χ3n) is 3.12. The highest BCUT2D eigenvalue weighted by Crippen LogP contribution is 2.29. The van der Waals surface area contributed by atoms with Crippen LogP contribution in [-0.2, 0) is 9.59 Å². The van der Waals surface area contributed by atoms with Crippen molar-refractivity contribution >= 4 is 39.4 Å². The van der Waals surface area contributed by atoms with Crippen molar-refractivity contribution in [3.8, 4) is 5.75 Å². The molecular formula is C14H15BrClNO4. The molecule has 1 amide bonds. The number of carboxylic acid groups (broad SMARTS) is 1. The van der Waals surface area contributed by atoms with Crippen LogP contribution in [0.5, 0.6) is 5.75 Å². The van der Waals surface area contributed by atoms with Crippen molar-refractivity contribution in [3.05, 3.63) is 27.7 Å². The first-order chi connectivity index (χ1) is 9.97. The normalized spacial score (nSPS) is 13.8. The van der Waals surface area contributed by atoms with Gasteiger partial charge in [-0.3, -0.25) is 9.59 Å². The van der Waals surface area contributed by atoms with Crippen LogP contribution in [0.25, 0.3) is 0 Å². The molecule has 0 spiro atoms. The van der Waals surface area contributed by atoms with E-state index in [-0.39, 0.29) is 31.5 Å². The Hall–Kier alpha value is -1.27. The van der Waals surface area contributed by atoms with Crippen molar-refractivity contribution in [3.63, 3.8) is 0 Å². The largest absolute Gasteiger partial charge is 0.483 e. The van der Waals surface area contributed by atoms with Gasteiger partial charge in [-0.05, 0) is 47.0 Å². The smallest absolute Gasteiger partial charge is 0.305 e. The highest BCUT2D eigenvalue weighted by Gasteiger charge is 2.32. The maximum atomic E-state index is 12.2. The number of halogens is 2. The number of carboxylic acids is 1. The second-order valence-electron chi connectivity index (χ2n) is 4.83. The summed E-state index contributed by atoms with van der Waals surface area (Å²) < 4.78 is 6.15. The Labute approximate surface area is 136 Å². The fourth-order valence-electron chi connectivity index (χ4n) is 1.93. The van der Waals surface area contributed by atoms with Crippen LogP contribution in [0.3, 0.4) is 0 Å². The number of carbonyl (C=O) groups excluding carboxylic acids is 1. The minimum absolute atomic E-state index is 0.0487. The van der Waals surface area contributed by atoms with Crippen LogP contribution in [0, 0.1) is 0 Å². The first kappa shape index (κ1) is 16.1. The van der Waals surface area contributed by atoms with Crippen molar-refractivity contribution in [1.29, 1.82) is 0 Å². The quantitative estimate of drug-likeness (QED) is 0.794. The van der Waals surface area contributed by atoms with Gasteiger partial charge < -0.3 is 14.7 Å². The Balaban J connectivity index is 1.91. The number of hydrogen-bond donors (Lipinski definition) is 1. The summed E-state index contributed by atoms with van der Waals surface area (Å²) in [6, 6.07) is 5.20. The zero-order valence-corrected chi connectivity index (χ0v) is 13.6. The lowest BCUT2D eigenvalue weighted by Gasteiger charge is -2.21. The van der Waals surface area contributed by atoms with Gasteiger partial charge in [-0.25, -0.2) is 0 Å². The number of hydrogen-bond acceptors (Lipinski definition) is 3. The third kappa shape index (κ3) is 4.89. The summed E-state index contributed by atoms with van der Waals surface area (Å²) in [4.78, 5) is 24.4. The summed E-state index contributed by atoms with van der Waals surface area (Å²) in [6.45, 7) is 0.111. The number of ether oxygens (including phenoxy) is 1. The van der Waals surface area contributed by atoms with Gasteiger partial charge in [0.2, 0.25) is 0 Å². The molecule has 21 heavy (non-hydrogen) atoms. The number of aliphatic carboxylic acids is 1. The van der Waals surface area contributed by atoms with E-state index in [1.54, 1.807) is 23.1 Å². The van der Waals surface area contributed by atoms with Crippen molar-refractivity contribution < 1.29 is 19.4 Å². The van der Waals surface area contributed by atoms with Gasteiger partial charge in [0.1, 0.15) is 5.75 Å². The second kappa shape index (κ2) is 7.13. The molecule has 0 unspecified atom stereocenters. The average molecular weight is 377 g/mol. The summed E-state index contributed by atoms with van der Waals surface area (Å²) in [5.41, 5.74) is 0. The Morgan fingerprint density at radius 1 is 1.43 bits per heavy atom. The Kier molecular flexibility index (Phi) is 5.47. The first-order valence-electron chi connectivity index (χ1n) is 6.56. The number of amides is 1. The molecule has 114 valence electrons. The van der Waals surface area contributed by atoms with Crippen molar-refractivity contribution in [1.82, 2.24) is 4.90 Å². The molecule has 1 saturated carbocycles. The predicted molar refractivity (Wildman–Crippen MR) is 81.6 cm³/mol. The fourth-order valence-corrected chi connectivity index (χ4v) is 2.73. The van der Waals surface area contributed by atoms with Crippen LogP contribution < -0.4 is 4.74 Å². The molecule has 7 heteroatoms. The summed E-state index contributed by atoms with van der Waals surface area (Å²) in [6.07, 6.45) is 1.80. The van der Waals surface area contributed by atoms with E-state index in [1.165, 1.54) is 0 Å². The summed E-state index contributed by atoms with van der Waals surface area (Å²) >= 11 is 9.15. The molecule has 0 atom stereocenters. The monoisotopic (exact) mass is 375 g/mol. The Morgan fingerprint density at radius 2 is 2.14 bits per heavy atom. The maximum absolute atomic E-state index is 12.2. The molecule has 0 saturated heterocycles. The van der Waals surface area contributed by atoms with E-state index in [9.17, 15) is 9.59 Å². The van der Waals surface area contributed by atoms with Crippen LogP contribution in [0.15, 0.2) is 22.7 Å². The fraction of sp³-hybridized carbons (Fsp3) is 0.429. The number of benzene rings is 1. The highest BCUT2D eigenvalue weighted by atomic mass is 79.9. The molecule has 1 aromatic carbocycles. The number of nitrogens with zero attached hydrogens (tertiary/aromatic N) is 1. The van der Waals surface area contributed by atoms with E-state index in [1.807, 2.05) is 0 Å². The molecule has 0 bridgehead atoms. The van der Waals surface area contributed by atoms with Gasteiger partial charge in [0.25, 0.3) is 5.91 Å². The molecule has 0 aliphatic heterocycles. The van der Waals surface area contributed by atoms with Crippen LogP contribution in [-0.4, -0.2) is 41.1 Å². The molecule has 1 aromatic rings. The minimum Gasteiger partial charge on any atom is -0.483 e. The second-order valence-corrected chi connectivity index (χ2v) is 6.12. The standard InChI is InChI=1S/C14H15BrClNO4/c15-11-7-9(16)1-4-12(11)21-8-13(18)17(10-2-3-10)6-5-14(19)20/h1,4,7,10H,2-3,5-6,8H2,(H,19,20). The van der Waals surface area contributed by atoms with Gasteiger partial charge in [0, 0.05) is 17.6 Å². The molecule has 5 nitrogen and oxygen atoms in total. The van der Waals surface area contributed by atoms with Gasteiger partial charge in [-0.1, -0.05) is 11.6 Å². The number of carbonyl (C=O) groups is 2. The van der Waals surface area contributed by atoms with E-state index in [4.69, 9.17) is 21.4 Å². The summed E-state index contributed by atoms with van der Waals surface area (Å²) in [5.74, 6) is -0.572. The van der Waals surface area contributed by atoms with E-state index < -0.39 is 5.97 Å². The molecule has 1 aliphatic carbocycles. The van der Waals surface area contributed by atoms with Gasteiger partial charge >= 0.3 is 5.97 Å². The summed E-state index contributed by atoms with van der Waals surface area (Å²) in [5, 5.41) is 9.30. The van der Waals surface area contributed by atoms with Crippen LogP contribution in [0.4, 0.5) is 0 Å². The zero-order chi connectivity index (χ0) is 15.4. The Morgan fingerprint density at radius 3 is 2.71 bits per heavy atom. The Bertz CT molecular complexity index is 548. The molecule has 0 radical (unpaired) electrons. The maximum Gasteiger partial charge on any atom is 0.305 e. The summed E-state index contributed by atoms with van der Waals surface area (Å²) in [7, 11) is 0. The van der Waals surface area contributed by atoms with E-state index >= 15 is 0 Å². The lowest BCUT2D eigenvalue weighted by molar-refractivity contribution is -0.139. The minimum atomic E-state index is -0.908. The predicted octanol–water partition coefficient (Wildman–Crippen LogP) is 2.95. The first-order valence-corrected chi connectivity index (χ1v) is 7.73. The lowest BCUT2D eigenvalue weighted by Crippen LogP contribution is -2.38. The van der Waals surface area contributed by atoms with E-state index in [2.05, 4.69) is 15.9 Å². The van der Waals surface area contributed by atoms with Crippen LogP contribution in [0.1, 0.15) is 19.3 Å². The third-order valence-corrected chi connectivity index (χ3v) is 3.97. The van der Waals surface area contributed by atoms with Crippen molar-refractivity contribution in [2.45, 2.75) is 25.3 Å². The average Bonchev–Trinajstić information content (AvgIpc) is 3.22. The van der Waals surface area contributed by atoms with Crippen molar-refractivity contribution in [2.24, 2.45) is 0 Å². The van der Waals surface area contributed by atoms with Crippen LogP contribution >= 0.6 is 27.5 Å². The number of rotatable bonds is 7. The lowest BCUT2D eigenvalue weighted by atomic mass is 10.3. The van der Waals surface area contributed by atoms with Gasteiger partial charge in [0.15, 0.2) is 6.61 Å². The highest BCUT2D eigenvalue weighted by molar-refractivity contribution is 9.10. The molecule has 1 N–H and O–H groups in total. The van der Waals surface area contributed by atoms with Gasteiger partial charge in [0.05, 0.1) is 10.9 Å². The molecular weight excluding hydrogens is 362 g/mol. The van der Waals surface area contributed by atoms with E-state index in [0.29, 0.717) is 15.2 Å². The molecule has 1 aliphatic rings.